The number of carbonyl (C=O) groups is 2. The van der Waals surface area contributed by atoms with Crippen molar-refractivity contribution in [2.24, 2.45) is 5.92 Å². The first-order chi connectivity index (χ1) is 11.1. The fraction of sp³-hybridized carbons (Fsp3) is 0.438. The Hall–Kier alpha value is -2.57. The molecule has 7 nitrogen and oxygen atoms in total. The molecule has 1 fully saturated rings. The van der Waals surface area contributed by atoms with Crippen LogP contribution in [0.2, 0.25) is 0 Å². The number of rotatable bonds is 5. The van der Waals surface area contributed by atoms with Gasteiger partial charge in [-0.2, -0.15) is 0 Å². The lowest BCUT2D eigenvalue weighted by Crippen LogP contribution is -2.45. The summed E-state index contributed by atoms with van der Waals surface area (Å²) in [7, 11) is 0. The van der Waals surface area contributed by atoms with Crippen molar-refractivity contribution in [2.75, 3.05) is 6.54 Å². The van der Waals surface area contributed by atoms with Crippen LogP contribution in [0.25, 0.3) is 11.0 Å². The van der Waals surface area contributed by atoms with Crippen LogP contribution < -0.4 is 16.0 Å². The smallest absolute Gasteiger partial charge is 0.315 e. The molecule has 0 aliphatic carbocycles. The largest absolute Gasteiger partial charge is 0.344 e. The summed E-state index contributed by atoms with van der Waals surface area (Å²) >= 11 is 0. The molecule has 0 radical (unpaired) electrons. The first-order valence-electron chi connectivity index (χ1n) is 7.88. The molecule has 3 atom stereocenters. The lowest BCUT2D eigenvalue weighted by molar-refractivity contribution is -0.123. The van der Waals surface area contributed by atoms with Crippen LogP contribution in [0.3, 0.4) is 0 Å². The van der Waals surface area contributed by atoms with Gasteiger partial charge in [-0.15, -0.1) is 0 Å². The summed E-state index contributed by atoms with van der Waals surface area (Å²) in [6, 6.07) is 6.70. The van der Waals surface area contributed by atoms with Crippen LogP contribution in [0, 0.1) is 5.92 Å². The highest BCUT2D eigenvalue weighted by Gasteiger charge is 2.31. The predicted molar refractivity (Wildman–Crippen MR) is 86.8 cm³/mol. The molecular formula is C16H21N5O2. The second-order valence-corrected chi connectivity index (χ2v) is 5.92. The number of benzene rings is 1. The van der Waals surface area contributed by atoms with Gasteiger partial charge >= 0.3 is 6.03 Å². The molecule has 23 heavy (non-hydrogen) atoms. The molecule has 3 unspecified atom stereocenters. The van der Waals surface area contributed by atoms with Crippen molar-refractivity contribution < 1.29 is 9.59 Å². The quantitative estimate of drug-likeness (QED) is 0.672. The van der Waals surface area contributed by atoms with Crippen molar-refractivity contribution in [3.63, 3.8) is 0 Å². The normalized spacial score (nSPS) is 19.9. The lowest BCUT2D eigenvalue weighted by Gasteiger charge is -2.23. The number of H-pyrrole nitrogens is 1. The number of nitrogens with zero attached hydrogens (tertiary/aromatic N) is 1. The minimum Gasteiger partial charge on any atom is -0.344 e. The fourth-order valence-corrected chi connectivity index (χ4v) is 2.70. The van der Waals surface area contributed by atoms with Crippen LogP contribution in [0.4, 0.5) is 4.79 Å². The third kappa shape index (κ3) is 3.13. The van der Waals surface area contributed by atoms with Crippen molar-refractivity contribution >= 4 is 23.0 Å². The average molecular weight is 315 g/mol. The summed E-state index contributed by atoms with van der Waals surface area (Å²) < 4.78 is 0. The first kappa shape index (κ1) is 15.3. The standard InChI is InChI=1S/C16H21N5O2/c1-3-9(2)13(21-15(22)12-8-17-16(23)20-12)14-18-10-6-4-5-7-11(10)19-14/h4-7,9,12-13H,3,8H2,1-2H3,(H,18,19)(H,21,22)(H2,17,20,23). The van der Waals surface area contributed by atoms with E-state index in [9.17, 15) is 9.59 Å². The number of para-hydroxylation sites is 2. The third-order valence-corrected chi connectivity index (χ3v) is 4.30. The Kier molecular flexibility index (Phi) is 4.18. The topological polar surface area (TPSA) is 98.9 Å². The van der Waals surface area contributed by atoms with Crippen LogP contribution in [0.1, 0.15) is 32.1 Å². The lowest BCUT2D eigenvalue weighted by atomic mass is 9.98. The second kappa shape index (κ2) is 6.28. The van der Waals surface area contributed by atoms with Gasteiger partial charge in [-0.25, -0.2) is 9.78 Å². The van der Waals surface area contributed by atoms with Crippen LogP contribution in [0.5, 0.6) is 0 Å². The number of urea groups is 1. The molecule has 3 rings (SSSR count). The van der Waals surface area contributed by atoms with Gasteiger partial charge in [0.25, 0.3) is 0 Å². The van der Waals surface area contributed by atoms with E-state index in [1.807, 2.05) is 24.3 Å². The molecule has 122 valence electrons. The maximum atomic E-state index is 12.4. The molecule has 1 saturated heterocycles. The molecule has 0 saturated carbocycles. The van der Waals surface area contributed by atoms with Gasteiger partial charge in [0, 0.05) is 6.54 Å². The number of nitrogens with one attached hydrogen (secondary N) is 4. The van der Waals surface area contributed by atoms with Crippen molar-refractivity contribution in [3.8, 4) is 0 Å². The second-order valence-electron chi connectivity index (χ2n) is 5.92. The van der Waals surface area contributed by atoms with E-state index in [0.717, 1.165) is 23.3 Å². The van der Waals surface area contributed by atoms with Gasteiger partial charge in [0.15, 0.2) is 0 Å². The number of hydrogen-bond acceptors (Lipinski definition) is 3. The van der Waals surface area contributed by atoms with E-state index in [1.165, 1.54) is 0 Å². The molecule has 7 heteroatoms. The summed E-state index contributed by atoms with van der Waals surface area (Å²) in [5.41, 5.74) is 1.82. The van der Waals surface area contributed by atoms with E-state index in [1.54, 1.807) is 0 Å². The first-order valence-corrected chi connectivity index (χ1v) is 7.88. The van der Waals surface area contributed by atoms with Crippen molar-refractivity contribution in [1.82, 2.24) is 25.9 Å². The van der Waals surface area contributed by atoms with E-state index in [0.29, 0.717) is 6.54 Å². The fourth-order valence-electron chi connectivity index (χ4n) is 2.70. The van der Waals surface area contributed by atoms with Crippen molar-refractivity contribution in [2.45, 2.75) is 32.4 Å². The monoisotopic (exact) mass is 315 g/mol. The van der Waals surface area contributed by atoms with Gasteiger partial charge < -0.3 is 20.9 Å². The van der Waals surface area contributed by atoms with E-state index in [4.69, 9.17) is 0 Å². The van der Waals surface area contributed by atoms with Crippen molar-refractivity contribution in [1.29, 1.82) is 0 Å². The molecule has 0 bridgehead atoms. The highest BCUT2D eigenvalue weighted by Crippen LogP contribution is 2.24. The number of amides is 3. The Bertz CT molecular complexity index is 693. The van der Waals surface area contributed by atoms with Gasteiger partial charge in [-0.1, -0.05) is 32.4 Å². The van der Waals surface area contributed by atoms with Gasteiger partial charge in [-0.3, -0.25) is 4.79 Å². The molecule has 1 aromatic carbocycles. The van der Waals surface area contributed by atoms with E-state index in [-0.39, 0.29) is 23.9 Å². The van der Waals surface area contributed by atoms with Crippen LogP contribution in [-0.4, -0.2) is 34.5 Å². The van der Waals surface area contributed by atoms with Crippen LogP contribution in [-0.2, 0) is 4.79 Å². The summed E-state index contributed by atoms with van der Waals surface area (Å²) in [5, 5.41) is 8.22. The summed E-state index contributed by atoms with van der Waals surface area (Å²) in [4.78, 5) is 31.5. The molecule has 0 spiro atoms. The van der Waals surface area contributed by atoms with Gasteiger partial charge in [-0.05, 0) is 18.1 Å². The van der Waals surface area contributed by atoms with Gasteiger partial charge in [0.1, 0.15) is 11.9 Å². The highest BCUT2D eigenvalue weighted by molar-refractivity contribution is 5.90. The molecule has 4 N–H and O–H groups in total. The number of fused-ring (bicyclic) bond motifs is 1. The average Bonchev–Trinajstić information content (AvgIpc) is 3.17. The maximum Gasteiger partial charge on any atom is 0.315 e. The molecule has 2 heterocycles. The summed E-state index contributed by atoms with van der Waals surface area (Å²) in [5.74, 6) is 0.755. The Morgan fingerprint density at radius 1 is 1.43 bits per heavy atom. The zero-order valence-electron chi connectivity index (χ0n) is 13.2. The van der Waals surface area contributed by atoms with E-state index >= 15 is 0 Å². The minimum absolute atomic E-state index is 0.200. The molecular weight excluding hydrogens is 294 g/mol. The number of carbonyl (C=O) groups excluding carboxylic acids is 2. The van der Waals surface area contributed by atoms with E-state index < -0.39 is 6.04 Å². The predicted octanol–water partition coefficient (Wildman–Crippen LogP) is 1.45. The number of aromatic nitrogens is 2. The summed E-state index contributed by atoms with van der Waals surface area (Å²) in [6.45, 7) is 4.45. The molecule has 1 aliphatic rings. The van der Waals surface area contributed by atoms with Gasteiger partial charge in [0.2, 0.25) is 5.91 Å². The Morgan fingerprint density at radius 3 is 2.87 bits per heavy atom. The SMILES string of the molecule is CCC(C)C(NC(=O)C1CNC(=O)N1)c1nc2ccccc2[nH]1. The number of imidazole rings is 1. The molecule has 1 aromatic heterocycles. The molecule has 3 amide bonds. The Labute approximate surface area is 134 Å². The maximum absolute atomic E-state index is 12.4. The van der Waals surface area contributed by atoms with Gasteiger partial charge in [0.05, 0.1) is 17.1 Å². The third-order valence-electron chi connectivity index (χ3n) is 4.30. The zero-order valence-corrected chi connectivity index (χ0v) is 13.2. The Balaban J connectivity index is 1.82. The van der Waals surface area contributed by atoms with Crippen LogP contribution in [0.15, 0.2) is 24.3 Å². The number of aromatic amines is 1. The Morgan fingerprint density at radius 2 is 2.22 bits per heavy atom. The summed E-state index contributed by atoms with van der Waals surface area (Å²) in [6.07, 6.45) is 0.900. The van der Waals surface area contributed by atoms with E-state index in [2.05, 4.69) is 39.8 Å². The van der Waals surface area contributed by atoms with Crippen LogP contribution >= 0.6 is 0 Å². The molecule has 1 aliphatic heterocycles. The minimum atomic E-state index is -0.543. The number of hydrogen-bond donors (Lipinski definition) is 4. The molecule has 2 aromatic rings. The highest BCUT2D eigenvalue weighted by atomic mass is 16.2. The van der Waals surface area contributed by atoms with Crippen molar-refractivity contribution in [3.05, 3.63) is 30.1 Å². The zero-order chi connectivity index (χ0) is 16.4.